The number of carbonyl (C=O) groups is 1. The van der Waals surface area contributed by atoms with Crippen molar-refractivity contribution >= 4 is 11.7 Å². The van der Waals surface area contributed by atoms with E-state index >= 15 is 0 Å². The van der Waals surface area contributed by atoms with Crippen molar-refractivity contribution in [3.05, 3.63) is 50.1 Å². The number of nitrogens with zero attached hydrogens (tertiary/aromatic N) is 2. The molecule has 25 heavy (non-hydrogen) atoms. The van der Waals surface area contributed by atoms with Crippen LogP contribution in [0.5, 0.6) is 0 Å². The number of aliphatic hydroxyl groups excluding tert-OH is 1. The minimum atomic E-state index is -1.56. The Morgan fingerprint density at radius 3 is 2.40 bits per heavy atom. The summed E-state index contributed by atoms with van der Waals surface area (Å²) < 4.78 is 4.70. The van der Waals surface area contributed by atoms with Crippen molar-refractivity contribution in [3.63, 3.8) is 0 Å². The fourth-order valence-corrected chi connectivity index (χ4v) is 3.50. The third-order valence-electron chi connectivity index (χ3n) is 4.86. The van der Waals surface area contributed by atoms with Crippen LogP contribution in [0, 0.1) is 26.1 Å². The van der Waals surface area contributed by atoms with Gasteiger partial charge in [0.25, 0.3) is 5.69 Å². The van der Waals surface area contributed by atoms with E-state index in [1.165, 1.54) is 24.3 Å². The molecule has 1 aliphatic carbocycles. The number of esters is 1. The molecule has 0 aromatic heterocycles. The summed E-state index contributed by atoms with van der Waals surface area (Å²) in [4.78, 5) is 33.9. The molecule has 2 rings (SSSR count). The van der Waals surface area contributed by atoms with Crippen molar-refractivity contribution in [2.75, 3.05) is 7.11 Å². The lowest BCUT2D eigenvalue weighted by Gasteiger charge is -2.27. The van der Waals surface area contributed by atoms with Gasteiger partial charge in [-0.15, -0.1) is 0 Å². The Morgan fingerprint density at radius 1 is 1.28 bits per heavy atom. The Kier molecular flexibility index (Phi) is 5.68. The first-order valence-corrected chi connectivity index (χ1v) is 7.96. The first-order valence-electron chi connectivity index (χ1n) is 7.96. The van der Waals surface area contributed by atoms with Gasteiger partial charge in [0.15, 0.2) is 0 Å². The minimum Gasteiger partial charge on any atom is -0.469 e. The molecule has 1 saturated carbocycles. The van der Waals surface area contributed by atoms with Gasteiger partial charge >= 0.3 is 5.97 Å². The van der Waals surface area contributed by atoms with Gasteiger partial charge in [-0.25, -0.2) is 0 Å². The number of ether oxygens (including phenoxy) is 1. The quantitative estimate of drug-likeness (QED) is 0.452. The molecule has 1 N–H and O–H groups in total. The summed E-state index contributed by atoms with van der Waals surface area (Å²) in [5, 5.41) is 33.4. The fourth-order valence-electron chi connectivity index (χ4n) is 3.50. The lowest BCUT2D eigenvalue weighted by atomic mass is 9.81. The number of nitro groups is 2. The van der Waals surface area contributed by atoms with Crippen molar-refractivity contribution in [3.8, 4) is 0 Å². The Labute approximate surface area is 143 Å². The van der Waals surface area contributed by atoms with E-state index in [0.717, 1.165) is 7.11 Å². The molecule has 0 radical (unpaired) electrons. The average molecular weight is 352 g/mol. The maximum atomic E-state index is 12.2. The summed E-state index contributed by atoms with van der Waals surface area (Å²) in [7, 11) is 1.12. The molecule has 1 fully saturated rings. The zero-order chi connectivity index (χ0) is 18.6. The Morgan fingerprint density at radius 2 is 1.88 bits per heavy atom. The maximum Gasteiger partial charge on any atom is 0.311 e. The zero-order valence-corrected chi connectivity index (χ0v) is 13.8. The molecule has 0 aliphatic heterocycles. The monoisotopic (exact) mass is 352 g/mol. The molecule has 0 amide bonds. The zero-order valence-electron chi connectivity index (χ0n) is 13.8. The van der Waals surface area contributed by atoms with Crippen molar-refractivity contribution in [2.24, 2.45) is 5.92 Å². The SMILES string of the molecule is COC(=O)C(CC1([N+](=O)[O-])CCCC1)C(O)c1ccccc1[N+](=O)[O-]. The van der Waals surface area contributed by atoms with E-state index in [0.29, 0.717) is 25.7 Å². The smallest absolute Gasteiger partial charge is 0.311 e. The molecule has 0 bridgehead atoms. The van der Waals surface area contributed by atoms with Gasteiger partial charge < -0.3 is 9.84 Å². The Balaban J connectivity index is 2.39. The summed E-state index contributed by atoms with van der Waals surface area (Å²) in [6, 6.07) is 5.49. The van der Waals surface area contributed by atoms with Gasteiger partial charge in [-0.3, -0.25) is 25.0 Å². The van der Waals surface area contributed by atoms with E-state index in [1.54, 1.807) is 0 Å². The van der Waals surface area contributed by atoms with Crippen molar-refractivity contribution in [2.45, 2.75) is 43.7 Å². The second kappa shape index (κ2) is 7.56. The highest BCUT2D eigenvalue weighted by Gasteiger charge is 2.50. The average Bonchev–Trinajstić information content (AvgIpc) is 3.08. The summed E-state index contributed by atoms with van der Waals surface area (Å²) in [6.07, 6.45) is 0.146. The summed E-state index contributed by atoms with van der Waals surface area (Å²) in [5.41, 5.74) is -1.71. The Hall–Kier alpha value is -2.55. The third-order valence-corrected chi connectivity index (χ3v) is 4.86. The van der Waals surface area contributed by atoms with Crippen LogP contribution in [-0.4, -0.2) is 33.6 Å². The first-order chi connectivity index (χ1) is 11.8. The third kappa shape index (κ3) is 3.76. The number of hydrogen-bond acceptors (Lipinski definition) is 7. The number of nitro benzene ring substituents is 1. The van der Waals surface area contributed by atoms with E-state index in [9.17, 15) is 30.1 Å². The van der Waals surface area contributed by atoms with Crippen LogP contribution in [0.4, 0.5) is 5.69 Å². The summed E-state index contributed by atoms with van der Waals surface area (Å²) >= 11 is 0. The van der Waals surface area contributed by atoms with Crippen LogP contribution >= 0.6 is 0 Å². The summed E-state index contributed by atoms with van der Waals surface area (Å²) in [6.45, 7) is 0. The van der Waals surface area contributed by atoms with Crippen LogP contribution in [0.1, 0.15) is 43.8 Å². The number of carbonyl (C=O) groups excluding carboxylic acids is 1. The number of methoxy groups -OCH3 is 1. The molecule has 0 saturated heterocycles. The van der Waals surface area contributed by atoms with E-state index in [-0.39, 0.29) is 17.7 Å². The molecular weight excluding hydrogens is 332 g/mol. The highest BCUT2D eigenvalue weighted by molar-refractivity contribution is 5.73. The van der Waals surface area contributed by atoms with Gasteiger partial charge in [0, 0.05) is 30.3 Å². The maximum absolute atomic E-state index is 12.2. The molecule has 2 unspecified atom stereocenters. The van der Waals surface area contributed by atoms with Crippen LogP contribution in [0.3, 0.4) is 0 Å². The van der Waals surface area contributed by atoms with Gasteiger partial charge in [0.1, 0.15) is 0 Å². The molecule has 136 valence electrons. The second-order valence-electron chi connectivity index (χ2n) is 6.28. The van der Waals surface area contributed by atoms with Crippen LogP contribution in [0.25, 0.3) is 0 Å². The van der Waals surface area contributed by atoms with E-state index in [4.69, 9.17) is 4.74 Å². The van der Waals surface area contributed by atoms with E-state index in [1.807, 2.05) is 0 Å². The lowest BCUT2D eigenvalue weighted by Crippen LogP contribution is -2.41. The molecule has 1 aliphatic rings. The van der Waals surface area contributed by atoms with Gasteiger partial charge in [-0.2, -0.15) is 0 Å². The van der Waals surface area contributed by atoms with Crippen molar-refractivity contribution < 1.29 is 24.5 Å². The van der Waals surface area contributed by atoms with Crippen LogP contribution < -0.4 is 0 Å². The van der Waals surface area contributed by atoms with Crippen LogP contribution in [0.2, 0.25) is 0 Å². The molecule has 9 heteroatoms. The Bertz CT molecular complexity index is 670. The van der Waals surface area contributed by atoms with Gasteiger partial charge in [0.05, 0.1) is 29.6 Å². The normalized spacial score (nSPS) is 18.3. The number of aliphatic hydroxyl groups is 1. The van der Waals surface area contributed by atoms with Crippen molar-refractivity contribution in [1.82, 2.24) is 0 Å². The predicted molar refractivity (Wildman–Crippen MR) is 86.4 cm³/mol. The standard InChI is InChI=1S/C16H20N2O7/c1-25-15(20)12(10-16(18(23)24)8-4-5-9-16)14(19)11-6-2-3-7-13(11)17(21)22/h2-3,6-7,12,14,19H,4-5,8-10H2,1H3. The number of hydrogen-bond donors (Lipinski definition) is 1. The molecule has 0 heterocycles. The van der Waals surface area contributed by atoms with Crippen LogP contribution in [-0.2, 0) is 9.53 Å². The summed E-state index contributed by atoms with van der Waals surface area (Å²) in [5.74, 6) is -2.08. The topological polar surface area (TPSA) is 133 Å². The van der Waals surface area contributed by atoms with Gasteiger partial charge in [-0.05, 0) is 18.9 Å². The van der Waals surface area contributed by atoms with Crippen molar-refractivity contribution in [1.29, 1.82) is 0 Å². The fraction of sp³-hybridized carbons (Fsp3) is 0.562. The number of benzene rings is 1. The highest BCUT2D eigenvalue weighted by Crippen LogP contribution is 2.42. The largest absolute Gasteiger partial charge is 0.469 e. The molecule has 1 aromatic carbocycles. The highest BCUT2D eigenvalue weighted by atomic mass is 16.6. The van der Waals surface area contributed by atoms with E-state index < -0.39 is 33.4 Å². The lowest BCUT2D eigenvalue weighted by molar-refractivity contribution is -0.571. The second-order valence-corrected chi connectivity index (χ2v) is 6.28. The molecule has 0 spiro atoms. The number of rotatable bonds is 7. The first kappa shape index (κ1) is 18.8. The van der Waals surface area contributed by atoms with E-state index in [2.05, 4.69) is 0 Å². The number of para-hydroxylation sites is 1. The predicted octanol–water partition coefficient (Wildman–Crippen LogP) is 2.40. The van der Waals surface area contributed by atoms with Gasteiger partial charge in [-0.1, -0.05) is 12.1 Å². The van der Waals surface area contributed by atoms with Crippen LogP contribution in [0.15, 0.2) is 24.3 Å². The molecule has 1 aromatic rings. The molecular formula is C16H20N2O7. The molecule has 2 atom stereocenters. The minimum absolute atomic E-state index is 0.0561. The molecule has 9 nitrogen and oxygen atoms in total. The van der Waals surface area contributed by atoms with Gasteiger partial charge in [0.2, 0.25) is 5.54 Å².